The van der Waals surface area contributed by atoms with Gasteiger partial charge in [-0.3, -0.25) is 4.18 Å². The lowest BCUT2D eigenvalue weighted by Crippen LogP contribution is -2.37. The Morgan fingerprint density at radius 3 is 2.19 bits per heavy atom. The highest BCUT2D eigenvalue weighted by molar-refractivity contribution is 7.86. The van der Waals surface area contributed by atoms with Crippen molar-refractivity contribution in [2.24, 2.45) is 0 Å². The Labute approximate surface area is 126 Å². The van der Waals surface area contributed by atoms with Gasteiger partial charge in [0.2, 0.25) is 0 Å². The first-order valence-corrected chi connectivity index (χ1v) is 8.27. The molecule has 0 saturated carbocycles. The standard InChI is InChI=1S/C15H22O5S/c1-11-6-8-12(9-7-11)21(16,17)18-10-13-14(2,3)20-15(4,5)19-13/h6-9,13H,10H2,1-5H3/t13-/m0/s1. The normalized spacial score (nSPS) is 24.1. The van der Waals surface area contributed by atoms with E-state index in [0.29, 0.717) is 0 Å². The van der Waals surface area contributed by atoms with Gasteiger partial charge in [0.15, 0.2) is 5.79 Å². The number of aryl methyl sites for hydroxylation is 1. The molecule has 0 aromatic heterocycles. The minimum atomic E-state index is -3.79. The summed E-state index contributed by atoms with van der Waals surface area (Å²) in [6, 6.07) is 6.54. The smallest absolute Gasteiger partial charge is 0.297 e. The second-order valence-corrected chi connectivity index (χ2v) is 7.88. The Kier molecular flexibility index (Phi) is 4.19. The molecule has 0 aliphatic carbocycles. The zero-order valence-corrected chi connectivity index (χ0v) is 13.9. The van der Waals surface area contributed by atoms with E-state index in [2.05, 4.69) is 0 Å². The summed E-state index contributed by atoms with van der Waals surface area (Å²) in [5, 5.41) is 0. The van der Waals surface area contributed by atoms with E-state index in [1.807, 2.05) is 20.8 Å². The first kappa shape index (κ1) is 16.4. The Morgan fingerprint density at radius 1 is 1.14 bits per heavy atom. The minimum Gasteiger partial charge on any atom is -0.342 e. The topological polar surface area (TPSA) is 61.8 Å². The monoisotopic (exact) mass is 314 g/mol. The van der Waals surface area contributed by atoms with Gasteiger partial charge in [-0.15, -0.1) is 0 Å². The maximum Gasteiger partial charge on any atom is 0.297 e. The fourth-order valence-electron chi connectivity index (χ4n) is 2.37. The molecule has 21 heavy (non-hydrogen) atoms. The van der Waals surface area contributed by atoms with Gasteiger partial charge >= 0.3 is 0 Å². The van der Waals surface area contributed by atoms with Crippen molar-refractivity contribution in [2.75, 3.05) is 6.61 Å². The lowest BCUT2D eigenvalue weighted by atomic mass is 10.0. The number of hydrogen-bond donors (Lipinski definition) is 0. The Bertz CT molecular complexity index is 601. The van der Waals surface area contributed by atoms with Crippen molar-refractivity contribution in [1.82, 2.24) is 0 Å². The van der Waals surface area contributed by atoms with Crippen molar-refractivity contribution < 1.29 is 22.1 Å². The lowest BCUT2D eigenvalue weighted by Gasteiger charge is -2.23. The third-order valence-corrected chi connectivity index (χ3v) is 4.69. The average Bonchev–Trinajstić information content (AvgIpc) is 2.55. The summed E-state index contributed by atoms with van der Waals surface area (Å²) in [5.41, 5.74) is 0.385. The maximum absolute atomic E-state index is 12.2. The first-order valence-electron chi connectivity index (χ1n) is 6.86. The number of benzene rings is 1. The van der Waals surface area contributed by atoms with E-state index in [9.17, 15) is 8.42 Å². The SMILES string of the molecule is Cc1ccc(S(=O)(=O)OC[C@@H]2OC(C)(C)OC2(C)C)cc1. The number of rotatable bonds is 4. The van der Waals surface area contributed by atoms with Gasteiger partial charge in [-0.25, -0.2) is 0 Å². The van der Waals surface area contributed by atoms with Crippen LogP contribution in [-0.4, -0.2) is 32.5 Å². The summed E-state index contributed by atoms with van der Waals surface area (Å²) in [6.45, 7) is 9.12. The van der Waals surface area contributed by atoms with Crippen LogP contribution in [0.1, 0.15) is 33.3 Å². The van der Waals surface area contributed by atoms with Gasteiger partial charge in [-0.1, -0.05) is 17.7 Å². The van der Waals surface area contributed by atoms with E-state index < -0.39 is 27.6 Å². The molecule has 118 valence electrons. The molecular formula is C15H22O5S. The minimum absolute atomic E-state index is 0.0767. The molecule has 5 nitrogen and oxygen atoms in total. The van der Waals surface area contributed by atoms with Gasteiger partial charge < -0.3 is 9.47 Å². The van der Waals surface area contributed by atoms with Gasteiger partial charge in [0.1, 0.15) is 6.10 Å². The highest BCUT2D eigenvalue weighted by atomic mass is 32.2. The highest BCUT2D eigenvalue weighted by Gasteiger charge is 2.47. The largest absolute Gasteiger partial charge is 0.342 e. The molecule has 0 spiro atoms. The van der Waals surface area contributed by atoms with Crippen LogP contribution in [0.4, 0.5) is 0 Å². The molecule has 1 fully saturated rings. The molecule has 0 unspecified atom stereocenters. The molecule has 1 heterocycles. The Morgan fingerprint density at radius 2 is 1.71 bits per heavy atom. The average molecular weight is 314 g/mol. The van der Waals surface area contributed by atoms with Crippen LogP contribution >= 0.6 is 0 Å². The molecule has 1 saturated heterocycles. The molecule has 2 rings (SSSR count). The van der Waals surface area contributed by atoms with Crippen LogP contribution in [0.3, 0.4) is 0 Å². The Balaban J connectivity index is 2.07. The molecule has 0 bridgehead atoms. The summed E-state index contributed by atoms with van der Waals surface area (Å²) in [6.07, 6.45) is -0.451. The highest BCUT2D eigenvalue weighted by Crippen LogP contribution is 2.36. The molecule has 1 aliphatic rings. The maximum atomic E-state index is 12.2. The predicted molar refractivity (Wildman–Crippen MR) is 78.4 cm³/mol. The molecule has 1 aliphatic heterocycles. The van der Waals surface area contributed by atoms with Gasteiger partial charge in [0.05, 0.1) is 17.1 Å². The molecular weight excluding hydrogens is 292 g/mol. The van der Waals surface area contributed by atoms with Gasteiger partial charge in [0.25, 0.3) is 10.1 Å². The van der Waals surface area contributed by atoms with Crippen LogP contribution in [0.15, 0.2) is 29.2 Å². The Hall–Kier alpha value is -0.950. The van der Waals surface area contributed by atoms with E-state index in [4.69, 9.17) is 13.7 Å². The molecule has 0 radical (unpaired) electrons. The number of ether oxygens (including phenoxy) is 2. The van der Waals surface area contributed by atoms with Gasteiger partial charge in [-0.05, 0) is 46.8 Å². The predicted octanol–water partition coefficient (Wildman–Crippen LogP) is 2.63. The van der Waals surface area contributed by atoms with Crippen LogP contribution in [0.2, 0.25) is 0 Å². The molecule has 6 heteroatoms. The van der Waals surface area contributed by atoms with Crippen LogP contribution < -0.4 is 0 Å². The molecule has 0 N–H and O–H groups in total. The summed E-state index contributed by atoms with van der Waals surface area (Å²) in [7, 11) is -3.79. The number of hydrogen-bond acceptors (Lipinski definition) is 5. The fraction of sp³-hybridized carbons (Fsp3) is 0.600. The van der Waals surface area contributed by atoms with Crippen molar-refractivity contribution in [3.8, 4) is 0 Å². The van der Waals surface area contributed by atoms with Crippen molar-refractivity contribution in [3.05, 3.63) is 29.8 Å². The van der Waals surface area contributed by atoms with Crippen LogP contribution in [0.5, 0.6) is 0 Å². The van der Waals surface area contributed by atoms with E-state index in [1.54, 1.807) is 26.0 Å². The molecule has 1 aromatic rings. The van der Waals surface area contributed by atoms with Crippen LogP contribution in [0.25, 0.3) is 0 Å². The summed E-state index contributed by atoms with van der Waals surface area (Å²) in [4.78, 5) is 0.143. The van der Waals surface area contributed by atoms with E-state index >= 15 is 0 Å². The van der Waals surface area contributed by atoms with Crippen LogP contribution in [0, 0.1) is 6.92 Å². The summed E-state index contributed by atoms with van der Waals surface area (Å²) >= 11 is 0. The van der Waals surface area contributed by atoms with Crippen molar-refractivity contribution in [1.29, 1.82) is 0 Å². The molecule has 1 aromatic carbocycles. The van der Waals surface area contributed by atoms with Crippen molar-refractivity contribution in [3.63, 3.8) is 0 Å². The van der Waals surface area contributed by atoms with Crippen molar-refractivity contribution >= 4 is 10.1 Å². The molecule has 1 atom stereocenters. The van der Waals surface area contributed by atoms with E-state index in [1.165, 1.54) is 12.1 Å². The van der Waals surface area contributed by atoms with Crippen molar-refractivity contribution in [2.45, 2.75) is 57.0 Å². The second-order valence-electron chi connectivity index (χ2n) is 6.26. The van der Waals surface area contributed by atoms with Gasteiger partial charge in [0, 0.05) is 0 Å². The zero-order valence-electron chi connectivity index (χ0n) is 13.0. The second kappa shape index (κ2) is 5.35. The first-order chi connectivity index (χ1) is 9.52. The lowest BCUT2D eigenvalue weighted by molar-refractivity contribution is -0.158. The molecule has 0 amide bonds. The third kappa shape index (κ3) is 3.83. The quantitative estimate of drug-likeness (QED) is 0.800. The van der Waals surface area contributed by atoms with E-state index in [0.717, 1.165) is 5.56 Å². The zero-order chi connectivity index (χ0) is 15.9. The van der Waals surface area contributed by atoms with Gasteiger partial charge in [-0.2, -0.15) is 8.42 Å². The fourth-order valence-corrected chi connectivity index (χ4v) is 3.28. The summed E-state index contributed by atoms with van der Waals surface area (Å²) in [5.74, 6) is -0.745. The van der Waals surface area contributed by atoms with E-state index in [-0.39, 0.29) is 11.5 Å². The third-order valence-electron chi connectivity index (χ3n) is 3.39. The van der Waals surface area contributed by atoms with Crippen LogP contribution in [-0.2, 0) is 23.8 Å². The summed E-state index contributed by atoms with van der Waals surface area (Å²) < 4.78 is 40.9.